The lowest BCUT2D eigenvalue weighted by Crippen LogP contribution is -2.53. The van der Waals surface area contributed by atoms with Gasteiger partial charge in [-0.25, -0.2) is 0 Å². The van der Waals surface area contributed by atoms with Crippen molar-refractivity contribution >= 4 is 28.5 Å². The van der Waals surface area contributed by atoms with Gasteiger partial charge in [0.05, 0.1) is 16.6 Å². The molecule has 0 radical (unpaired) electrons. The summed E-state index contributed by atoms with van der Waals surface area (Å²) in [5, 5.41) is 9.83. The van der Waals surface area contributed by atoms with Gasteiger partial charge in [-0.15, -0.1) is 6.58 Å². The molecule has 2 aliphatic rings. The number of aliphatic hydroxyl groups is 1. The number of hydrogen-bond acceptors (Lipinski definition) is 5. The Morgan fingerprint density at radius 3 is 2.58 bits per heavy atom. The topological polar surface area (TPSA) is 91.1 Å². The van der Waals surface area contributed by atoms with Crippen LogP contribution in [0.1, 0.15) is 39.2 Å². The van der Waals surface area contributed by atoms with Crippen molar-refractivity contribution in [3.05, 3.63) is 87.3 Å². The Morgan fingerprint density at radius 1 is 1.12 bits per heavy atom. The van der Waals surface area contributed by atoms with Crippen LogP contribution in [0.25, 0.3) is 11.0 Å². The highest BCUT2D eigenvalue weighted by atomic mass is 16.3. The number of aliphatic hydroxyl groups excluding tert-OH is 1. The van der Waals surface area contributed by atoms with E-state index in [4.69, 9.17) is 4.42 Å². The van der Waals surface area contributed by atoms with Gasteiger partial charge in [0.1, 0.15) is 5.58 Å². The molecule has 7 heteroatoms. The molecule has 2 aliphatic heterocycles. The molecule has 0 aliphatic carbocycles. The number of amides is 2. The summed E-state index contributed by atoms with van der Waals surface area (Å²) in [5.41, 5.74) is 1.35. The van der Waals surface area contributed by atoms with Crippen molar-refractivity contribution in [2.24, 2.45) is 0 Å². The molecule has 1 atom stereocenters. The summed E-state index contributed by atoms with van der Waals surface area (Å²) in [6.07, 6.45) is 1.86. The average Bonchev–Trinajstić information content (AvgIpc) is 3.19. The number of rotatable bonds is 5. The summed E-state index contributed by atoms with van der Waals surface area (Å²) in [6, 6.07) is 10.7. The third kappa shape index (κ3) is 2.63. The quantitative estimate of drug-likeness (QED) is 0.611. The molecular formula is C26H24N2O5. The highest BCUT2D eigenvalue weighted by molar-refractivity contribution is 6.17. The average molecular weight is 444 g/mol. The van der Waals surface area contributed by atoms with E-state index >= 15 is 0 Å². The Bertz CT molecular complexity index is 1410. The zero-order valence-corrected chi connectivity index (χ0v) is 18.6. The van der Waals surface area contributed by atoms with Gasteiger partial charge in [0.2, 0.25) is 5.76 Å². The van der Waals surface area contributed by atoms with E-state index in [0.717, 1.165) is 11.1 Å². The van der Waals surface area contributed by atoms with Crippen LogP contribution in [0, 0.1) is 13.8 Å². The maximum Gasteiger partial charge on any atom is 0.291 e. The third-order valence-corrected chi connectivity index (χ3v) is 6.70. The van der Waals surface area contributed by atoms with Crippen molar-refractivity contribution in [1.82, 2.24) is 4.90 Å². The van der Waals surface area contributed by atoms with E-state index in [-0.39, 0.29) is 37.4 Å². The van der Waals surface area contributed by atoms with Crippen LogP contribution in [0.4, 0.5) is 5.69 Å². The molecule has 2 aromatic carbocycles. The lowest BCUT2D eigenvalue weighted by molar-refractivity contribution is -0.126. The summed E-state index contributed by atoms with van der Waals surface area (Å²) in [7, 11) is 0. The molecule has 1 spiro atoms. The van der Waals surface area contributed by atoms with Crippen LogP contribution >= 0.6 is 0 Å². The van der Waals surface area contributed by atoms with Crippen LogP contribution in [0.2, 0.25) is 0 Å². The number of carbonyl (C=O) groups excluding carboxylic acids is 2. The van der Waals surface area contributed by atoms with Crippen molar-refractivity contribution in [2.45, 2.75) is 25.8 Å². The fraction of sp³-hybridized carbons (Fsp3) is 0.269. The Morgan fingerprint density at radius 2 is 1.85 bits per heavy atom. The lowest BCUT2D eigenvalue weighted by atomic mass is 9.83. The van der Waals surface area contributed by atoms with Gasteiger partial charge in [-0.05, 0) is 49.6 Å². The van der Waals surface area contributed by atoms with Gasteiger partial charge >= 0.3 is 0 Å². The van der Waals surface area contributed by atoms with Crippen LogP contribution in [0.3, 0.4) is 0 Å². The summed E-state index contributed by atoms with van der Waals surface area (Å²) in [4.78, 5) is 44.6. The van der Waals surface area contributed by atoms with Crippen molar-refractivity contribution in [1.29, 1.82) is 0 Å². The highest BCUT2D eigenvalue weighted by Crippen LogP contribution is 2.52. The molecule has 33 heavy (non-hydrogen) atoms. The van der Waals surface area contributed by atoms with Crippen molar-refractivity contribution < 1.29 is 19.1 Å². The van der Waals surface area contributed by atoms with Gasteiger partial charge < -0.3 is 19.3 Å². The van der Waals surface area contributed by atoms with Crippen LogP contribution in [-0.4, -0.2) is 41.5 Å². The van der Waals surface area contributed by atoms with Crippen LogP contribution in [0.15, 0.2) is 58.3 Å². The van der Waals surface area contributed by atoms with E-state index in [9.17, 15) is 19.5 Å². The maximum atomic E-state index is 14.1. The number of benzene rings is 2. The minimum atomic E-state index is -1.64. The zero-order chi connectivity index (χ0) is 23.5. The molecular weight excluding hydrogens is 420 g/mol. The monoisotopic (exact) mass is 444 g/mol. The van der Waals surface area contributed by atoms with Crippen LogP contribution in [0.5, 0.6) is 0 Å². The lowest BCUT2D eigenvalue weighted by Gasteiger charge is -2.34. The second kappa shape index (κ2) is 7.42. The van der Waals surface area contributed by atoms with Crippen molar-refractivity contribution in [3.63, 3.8) is 0 Å². The predicted octanol–water partition coefficient (Wildman–Crippen LogP) is 3.02. The number of nitrogens with zero attached hydrogens (tertiary/aromatic N) is 2. The Kier molecular flexibility index (Phi) is 4.76. The first-order valence-corrected chi connectivity index (χ1v) is 10.9. The maximum absolute atomic E-state index is 14.1. The Balaban J connectivity index is 1.91. The van der Waals surface area contributed by atoms with E-state index in [1.54, 1.807) is 41.3 Å². The van der Waals surface area contributed by atoms with Gasteiger partial charge in [0.15, 0.2) is 11.0 Å². The molecule has 0 saturated heterocycles. The summed E-state index contributed by atoms with van der Waals surface area (Å²) >= 11 is 0. The van der Waals surface area contributed by atoms with Gasteiger partial charge in [-0.3, -0.25) is 14.4 Å². The summed E-state index contributed by atoms with van der Waals surface area (Å²) in [6.45, 7) is 7.73. The molecule has 1 N–H and O–H groups in total. The van der Waals surface area contributed by atoms with Crippen LogP contribution < -0.4 is 10.3 Å². The SMILES string of the molecule is C=CCN1C(=O)[C@@]2(c3ccccc31)c1c(oc3cc(C)c(C)cc3c1=O)C(=O)N2CCCO. The second-order valence-electron chi connectivity index (χ2n) is 8.53. The van der Waals surface area contributed by atoms with Crippen molar-refractivity contribution in [3.8, 4) is 0 Å². The minimum Gasteiger partial charge on any atom is -0.450 e. The number of hydrogen-bond donors (Lipinski definition) is 1. The first-order chi connectivity index (χ1) is 15.9. The molecule has 0 bridgehead atoms. The highest BCUT2D eigenvalue weighted by Gasteiger charge is 2.64. The molecule has 2 amide bonds. The van der Waals surface area contributed by atoms with E-state index < -0.39 is 22.8 Å². The zero-order valence-electron chi connectivity index (χ0n) is 18.6. The number of aryl methyl sites for hydroxylation is 2. The van der Waals surface area contributed by atoms with E-state index in [0.29, 0.717) is 22.2 Å². The standard InChI is InChI=1S/C26H24N2O5/c1-4-10-27-19-9-6-5-8-18(19)26(25(27)32)21-22(30)17-13-15(2)16(3)14-20(17)33-23(21)24(31)28(26)11-7-12-29/h4-6,8-9,13-14,29H,1,7,10-12H2,2-3H3/t26-/m1/s1. The molecule has 7 nitrogen and oxygen atoms in total. The Hall–Kier alpha value is -3.71. The van der Waals surface area contributed by atoms with Crippen LogP contribution in [-0.2, 0) is 10.3 Å². The largest absolute Gasteiger partial charge is 0.450 e. The number of fused-ring (bicyclic) bond motifs is 5. The normalized spacial score (nSPS) is 19.0. The van der Waals surface area contributed by atoms with E-state index in [1.807, 2.05) is 19.9 Å². The van der Waals surface area contributed by atoms with Gasteiger partial charge in [0, 0.05) is 25.3 Å². The number of carbonyl (C=O) groups is 2. The molecule has 3 aromatic rings. The number of anilines is 1. The predicted molar refractivity (Wildman–Crippen MR) is 124 cm³/mol. The Labute approximate surface area is 190 Å². The van der Waals surface area contributed by atoms with Crippen molar-refractivity contribution in [2.75, 3.05) is 24.6 Å². The number of para-hydroxylation sites is 1. The van der Waals surface area contributed by atoms with Gasteiger partial charge in [0.25, 0.3) is 11.8 Å². The van der Waals surface area contributed by atoms with E-state index in [2.05, 4.69) is 6.58 Å². The fourth-order valence-electron chi connectivity index (χ4n) is 5.09. The van der Waals surface area contributed by atoms with Gasteiger partial charge in [-0.1, -0.05) is 24.3 Å². The first-order valence-electron chi connectivity index (χ1n) is 10.9. The molecule has 5 rings (SSSR count). The summed E-state index contributed by atoms with van der Waals surface area (Å²) < 4.78 is 6.04. The molecule has 0 fully saturated rings. The summed E-state index contributed by atoms with van der Waals surface area (Å²) in [5.74, 6) is -1.04. The fourth-order valence-corrected chi connectivity index (χ4v) is 5.09. The molecule has 1 aromatic heterocycles. The molecule has 0 unspecified atom stereocenters. The smallest absolute Gasteiger partial charge is 0.291 e. The molecule has 0 saturated carbocycles. The molecule has 3 heterocycles. The molecule has 168 valence electrons. The first kappa shape index (κ1) is 21.2. The second-order valence-corrected chi connectivity index (χ2v) is 8.53. The minimum absolute atomic E-state index is 0.0465. The van der Waals surface area contributed by atoms with E-state index in [1.165, 1.54) is 4.90 Å². The van der Waals surface area contributed by atoms with Gasteiger partial charge in [-0.2, -0.15) is 0 Å². The third-order valence-electron chi connectivity index (χ3n) is 6.70.